The number of anilines is 1. The molecule has 5 heteroatoms. The lowest BCUT2D eigenvalue weighted by molar-refractivity contribution is 0.222. The summed E-state index contributed by atoms with van der Waals surface area (Å²) in [5.41, 5.74) is 0.719. The second kappa shape index (κ2) is 3.47. The average Bonchev–Trinajstić information content (AvgIpc) is 2.74. The number of aromatic amines is 1. The topological polar surface area (TPSA) is 61.0 Å². The van der Waals surface area contributed by atoms with Crippen molar-refractivity contribution in [1.82, 2.24) is 15.1 Å². The van der Waals surface area contributed by atoms with Crippen molar-refractivity contribution in [3.63, 3.8) is 0 Å². The van der Waals surface area contributed by atoms with Crippen LogP contribution in [-0.2, 0) is 0 Å². The number of urea groups is 1. The Morgan fingerprint density at radius 3 is 2.92 bits per heavy atom. The highest BCUT2D eigenvalue weighted by molar-refractivity contribution is 5.89. The summed E-state index contributed by atoms with van der Waals surface area (Å²) in [6.45, 7) is 1.73. The van der Waals surface area contributed by atoms with E-state index >= 15 is 0 Å². The molecule has 5 nitrogen and oxygen atoms in total. The predicted molar refractivity (Wildman–Crippen MR) is 48.4 cm³/mol. The van der Waals surface area contributed by atoms with Gasteiger partial charge in [-0.05, 0) is 12.8 Å². The number of nitrogens with one attached hydrogen (secondary N) is 2. The summed E-state index contributed by atoms with van der Waals surface area (Å²) in [6.07, 6.45) is 5.47. The van der Waals surface area contributed by atoms with Gasteiger partial charge in [-0.3, -0.25) is 5.10 Å². The van der Waals surface area contributed by atoms with Crippen molar-refractivity contribution in [2.75, 3.05) is 18.4 Å². The Bertz CT molecular complexity index is 276. The van der Waals surface area contributed by atoms with Crippen LogP contribution in [0.3, 0.4) is 0 Å². The Kier molecular flexibility index (Phi) is 2.16. The predicted octanol–water partition coefficient (Wildman–Crippen LogP) is 1.04. The number of nitrogens with zero attached hydrogens (tertiary/aromatic N) is 2. The highest BCUT2D eigenvalue weighted by Gasteiger charge is 2.17. The molecular weight excluding hydrogens is 168 g/mol. The van der Waals surface area contributed by atoms with Gasteiger partial charge in [-0.15, -0.1) is 0 Å². The second-order valence-corrected chi connectivity index (χ2v) is 3.11. The van der Waals surface area contributed by atoms with Gasteiger partial charge in [0.15, 0.2) is 0 Å². The second-order valence-electron chi connectivity index (χ2n) is 3.11. The molecule has 0 unspecified atom stereocenters. The number of hydrogen-bond donors (Lipinski definition) is 2. The number of likely N-dealkylation sites (tertiary alicyclic amines) is 1. The highest BCUT2D eigenvalue weighted by atomic mass is 16.2. The van der Waals surface area contributed by atoms with Gasteiger partial charge in [0.2, 0.25) is 0 Å². The molecule has 13 heavy (non-hydrogen) atoms. The zero-order valence-electron chi connectivity index (χ0n) is 7.29. The molecule has 1 aliphatic heterocycles. The zero-order valence-corrected chi connectivity index (χ0v) is 7.29. The summed E-state index contributed by atoms with van der Waals surface area (Å²) >= 11 is 0. The van der Waals surface area contributed by atoms with E-state index < -0.39 is 0 Å². The minimum absolute atomic E-state index is 0.0288. The molecule has 1 fully saturated rings. The minimum Gasteiger partial charge on any atom is -0.325 e. The Morgan fingerprint density at radius 1 is 1.54 bits per heavy atom. The van der Waals surface area contributed by atoms with Crippen LogP contribution in [0.5, 0.6) is 0 Å². The van der Waals surface area contributed by atoms with Crippen molar-refractivity contribution in [3.05, 3.63) is 12.4 Å². The molecule has 0 saturated carbocycles. The molecule has 1 aromatic heterocycles. The van der Waals surface area contributed by atoms with E-state index in [1.165, 1.54) is 0 Å². The van der Waals surface area contributed by atoms with E-state index in [4.69, 9.17) is 0 Å². The molecule has 1 aromatic rings. The van der Waals surface area contributed by atoms with Crippen LogP contribution in [0.1, 0.15) is 12.8 Å². The van der Waals surface area contributed by atoms with Crippen LogP contribution >= 0.6 is 0 Å². The maximum absolute atomic E-state index is 11.5. The summed E-state index contributed by atoms with van der Waals surface area (Å²) < 4.78 is 0. The molecule has 0 aromatic carbocycles. The summed E-state index contributed by atoms with van der Waals surface area (Å²) in [5.74, 6) is 0. The van der Waals surface area contributed by atoms with Crippen molar-refractivity contribution >= 4 is 11.7 Å². The molecule has 2 amide bonds. The van der Waals surface area contributed by atoms with E-state index in [-0.39, 0.29) is 6.03 Å². The van der Waals surface area contributed by atoms with Crippen LogP contribution in [0.15, 0.2) is 12.4 Å². The van der Waals surface area contributed by atoms with E-state index in [1.54, 1.807) is 12.4 Å². The number of hydrogen-bond acceptors (Lipinski definition) is 2. The molecule has 0 atom stereocenters. The minimum atomic E-state index is -0.0288. The SMILES string of the molecule is O=C(Nc1cn[nH]c1)N1CCCC1. The molecule has 1 saturated heterocycles. The van der Waals surface area contributed by atoms with Gasteiger partial charge in [0.1, 0.15) is 0 Å². The highest BCUT2D eigenvalue weighted by Crippen LogP contribution is 2.10. The third-order valence-electron chi connectivity index (χ3n) is 2.14. The van der Waals surface area contributed by atoms with E-state index in [0.29, 0.717) is 0 Å². The first-order valence-electron chi connectivity index (χ1n) is 4.41. The monoisotopic (exact) mass is 180 g/mol. The van der Waals surface area contributed by atoms with Crippen LogP contribution in [0.25, 0.3) is 0 Å². The van der Waals surface area contributed by atoms with E-state index in [0.717, 1.165) is 31.6 Å². The molecule has 2 N–H and O–H groups in total. The van der Waals surface area contributed by atoms with E-state index in [9.17, 15) is 4.79 Å². The van der Waals surface area contributed by atoms with Crippen molar-refractivity contribution in [3.8, 4) is 0 Å². The maximum Gasteiger partial charge on any atom is 0.321 e. The maximum atomic E-state index is 11.5. The fourth-order valence-corrected chi connectivity index (χ4v) is 1.44. The summed E-state index contributed by atoms with van der Waals surface area (Å²) in [5, 5.41) is 9.14. The lowest BCUT2D eigenvalue weighted by Gasteiger charge is -2.14. The van der Waals surface area contributed by atoms with Gasteiger partial charge in [-0.1, -0.05) is 0 Å². The molecule has 0 bridgehead atoms. The van der Waals surface area contributed by atoms with E-state index in [2.05, 4.69) is 15.5 Å². The van der Waals surface area contributed by atoms with Gasteiger partial charge in [-0.2, -0.15) is 5.10 Å². The smallest absolute Gasteiger partial charge is 0.321 e. The summed E-state index contributed by atoms with van der Waals surface area (Å²) in [4.78, 5) is 13.3. The first kappa shape index (κ1) is 8.10. The first-order chi connectivity index (χ1) is 6.36. The van der Waals surface area contributed by atoms with Gasteiger partial charge >= 0.3 is 6.03 Å². The summed E-state index contributed by atoms with van der Waals surface area (Å²) in [6, 6.07) is -0.0288. The lowest BCUT2D eigenvalue weighted by atomic mass is 10.4. The van der Waals surface area contributed by atoms with Crippen molar-refractivity contribution < 1.29 is 4.79 Å². The third-order valence-corrected chi connectivity index (χ3v) is 2.14. The van der Waals surface area contributed by atoms with Gasteiger partial charge < -0.3 is 10.2 Å². The van der Waals surface area contributed by atoms with Crippen LogP contribution < -0.4 is 5.32 Å². The molecule has 2 heterocycles. The van der Waals surface area contributed by atoms with Gasteiger partial charge in [0, 0.05) is 19.3 Å². The molecular formula is C8H12N4O. The number of carbonyl (C=O) groups excluding carboxylic acids is 1. The largest absolute Gasteiger partial charge is 0.325 e. The van der Waals surface area contributed by atoms with Crippen LogP contribution in [-0.4, -0.2) is 34.2 Å². The molecule has 70 valence electrons. The van der Waals surface area contributed by atoms with E-state index in [1.807, 2.05) is 4.90 Å². The van der Waals surface area contributed by atoms with Gasteiger partial charge in [0.25, 0.3) is 0 Å². The number of aromatic nitrogens is 2. The average molecular weight is 180 g/mol. The van der Waals surface area contributed by atoms with Crippen LogP contribution in [0.4, 0.5) is 10.5 Å². The standard InChI is InChI=1S/C8H12N4O/c13-8(12-3-1-2-4-12)11-7-5-9-10-6-7/h5-6H,1-4H2,(H,9,10)(H,11,13). The number of carbonyl (C=O) groups is 1. The fraction of sp³-hybridized carbons (Fsp3) is 0.500. The summed E-state index contributed by atoms with van der Waals surface area (Å²) in [7, 11) is 0. The lowest BCUT2D eigenvalue weighted by Crippen LogP contribution is -2.31. The van der Waals surface area contributed by atoms with Crippen molar-refractivity contribution in [2.24, 2.45) is 0 Å². The third kappa shape index (κ3) is 1.80. The Morgan fingerprint density at radius 2 is 2.31 bits per heavy atom. The number of amides is 2. The fourth-order valence-electron chi connectivity index (χ4n) is 1.44. The normalized spacial score (nSPS) is 16.2. The van der Waals surface area contributed by atoms with Crippen LogP contribution in [0, 0.1) is 0 Å². The molecule has 0 spiro atoms. The van der Waals surface area contributed by atoms with Crippen LogP contribution in [0.2, 0.25) is 0 Å². The number of rotatable bonds is 1. The number of H-pyrrole nitrogens is 1. The Hall–Kier alpha value is -1.52. The Balaban J connectivity index is 1.91. The van der Waals surface area contributed by atoms with Gasteiger partial charge in [0.05, 0.1) is 11.9 Å². The molecule has 1 aliphatic rings. The zero-order chi connectivity index (χ0) is 9.10. The van der Waals surface area contributed by atoms with Crippen molar-refractivity contribution in [1.29, 1.82) is 0 Å². The quantitative estimate of drug-likeness (QED) is 0.678. The van der Waals surface area contributed by atoms with Crippen molar-refractivity contribution in [2.45, 2.75) is 12.8 Å². The molecule has 0 radical (unpaired) electrons. The van der Waals surface area contributed by atoms with Gasteiger partial charge in [-0.25, -0.2) is 4.79 Å². The molecule has 0 aliphatic carbocycles. The first-order valence-corrected chi connectivity index (χ1v) is 4.41. The Labute approximate surface area is 76.1 Å². The molecule has 2 rings (SSSR count).